The van der Waals surface area contributed by atoms with Crippen molar-refractivity contribution in [3.63, 3.8) is 0 Å². The summed E-state index contributed by atoms with van der Waals surface area (Å²) in [7, 11) is 3.30. The van der Waals surface area contributed by atoms with Crippen LogP contribution in [0, 0.1) is 11.6 Å². The molecule has 0 aliphatic rings. The van der Waals surface area contributed by atoms with E-state index >= 15 is 0 Å². The van der Waals surface area contributed by atoms with Crippen molar-refractivity contribution in [1.82, 2.24) is 19.7 Å². The Morgan fingerprint density at radius 2 is 1.82 bits per heavy atom. The number of rotatable bonds is 8. The number of benzene rings is 3. The van der Waals surface area contributed by atoms with E-state index in [1.54, 1.807) is 19.1 Å². The van der Waals surface area contributed by atoms with Gasteiger partial charge in [-0.2, -0.15) is 0 Å². The molecule has 0 bridgehead atoms. The molecule has 1 aromatic heterocycles. The Morgan fingerprint density at radius 1 is 1.03 bits per heavy atom. The molecule has 0 aliphatic heterocycles. The van der Waals surface area contributed by atoms with E-state index in [1.165, 1.54) is 16.7 Å². The molecule has 4 aromatic rings. The van der Waals surface area contributed by atoms with Crippen molar-refractivity contribution >= 4 is 17.7 Å². The van der Waals surface area contributed by atoms with Crippen LogP contribution >= 0.6 is 11.8 Å². The topological polar surface area (TPSA) is 60.2 Å². The predicted octanol–water partition coefficient (Wildman–Crippen LogP) is 4.97. The number of halogens is 2. The summed E-state index contributed by atoms with van der Waals surface area (Å²) in [6, 6.07) is 20.0. The third-order valence-electron chi connectivity index (χ3n) is 5.12. The summed E-state index contributed by atoms with van der Waals surface area (Å²) in [5.41, 5.74) is 1.75. The molecule has 0 spiro atoms. The van der Waals surface area contributed by atoms with Gasteiger partial charge in [-0.15, -0.1) is 10.2 Å². The van der Waals surface area contributed by atoms with Crippen LogP contribution in [-0.4, -0.2) is 45.5 Å². The van der Waals surface area contributed by atoms with Gasteiger partial charge in [0.15, 0.2) is 11.0 Å². The second-order valence-electron chi connectivity index (χ2n) is 7.49. The van der Waals surface area contributed by atoms with Gasteiger partial charge >= 0.3 is 0 Å². The number of nitrogens with zero attached hydrogens (tertiary/aromatic N) is 4. The minimum atomic E-state index is -0.750. The van der Waals surface area contributed by atoms with Gasteiger partial charge in [-0.05, 0) is 29.8 Å². The molecule has 0 saturated carbocycles. The Morgan fingerprint density at radius 3 is 2.56 bits per heavy atom. The molecule has 0 saturated heterocycles. The van der Waals surface area contributed by atoms with Crippen LogP contribution in [-0.2, 0) is 11.3 Å². The molecule has 6 nitrogen and oxygen atoms in total. The number of amides is 1. The van der Waals surface area contributed by atoms with Crippen LogP contribution in [0.2, 0.25) is 0 Å². The highest BCUT2D eigenvalue weighted by atomic mass is 32.2. The SMILES string of the molecule is COc1cccc(CN(C)C(=O)CSc2nnc(-c3ccccc3)n2-c2ccc(F)cc2F)c1. The number of ether oxygens (including phenoxy) is 1. The number of thioether (sulfide) groups is 1. The molecule has 0 unspecified atom stereocenters. The van der Waals surface area contributed by atoms with Crippen molar-refractivity contribution in [2.24, 2.45) is 0 Å². The van der Waals surface area contributed by atoms with E-state index in [1.807, 2.05) is 54.6 Å². The molecule has 0 fully saturated rings. The molecule has 0 radical (unpaired) electrons. The van der Waals surface area contributed by atoms with Crippen LogP contribution in [0.5, 0.6) is 5.75 Å². The van der Waals surface area contributed by atoms with Gasteiger partial charge in [0.25, 0.3) is 0 Å². The van der Waals surface area contributed by atoms with Crippen molar-refractivity contribution in [3.05, 3.63) is 90.0 Å². The van der Waals surface area contributed by atoms with Crippen molar-refractivity contribution < 1.29 is 18.3 Å². The van der Waals surface area contributed by atoms with E-state index in [-0.39, 0.29) is 17.3 Å². The zero-order valence-corrected chi connectivity index (χ0v) is 19.4. The van der Waals surface area contributed by atoms with Crippen LogP contribution in [0.15, 0.2) is 78.0 Å². The van der Waals surface area contributed by atoms with Crippen LogP contribution in [0.25, 0.3) is 17.1 Å². The minimum absolute atomic E-state index is 0.0657. The van der Waals surface area contributed by atoms with E-state index in [0.717, 1.165) is 29.1 Å². The first-order chi connectivity index (χ1) is 16.5. The summed E-state index contributed by atoms with van der Waals surface area (Å²) >= 11 is 1.14. The number of hydrogen-bond donors (Lipinski definition) is 0. The summed E-state index contributed by atoms with van der Waals surface area (Å²) < 4.78 is 35.0. The van der Waals surface area contributed by atoms with E-state index in [0.29, 0.717) is 23.1 Å². The van der Waals surface area contributed by atoms with Gasteiger partial charge in [0.1, 0.15) is 17.4 Å². The number of methoxy groups -OCH3 is 1. The molecule has 3 aromatic carbocycles. The van der Waals surface area contributed by atoms with Gasteiger partial charge in [-0.25, -0.2) is 8.78 Å². The Kier molecular flexibility index (Phi) is 7.22. The monoisotopic (exact) mass is 480 g/mol. The molecule has 34 heavy (non-hydrogen) atoms. The standard InChI is InChI=1S/C25H22F2N4O2S/c1-30(15-17-7-6-10-20(13-17)33-2)23(32)16-34-25-29-28-24(18-8-4-3-5-9-18)31(25)22-12-11-19(26)14-21(22)27/h3-14H,15-16H2,1-2H3. The molecule has 4 rings (SSSR count). The molecule has 0 N–H and O–H groups in total. The van der Waals surface area contributed by atoms with Gasteiger partial charge in [-0.3, -0.25) is 9.36 Å². The predicted molar refractivity (Wildman–Crippen MR) is 127 cm³/mol. The maximum absolute atomic E-state index is 14.7. The lowest BCUT2D eigenvalue weighted by Crippen LogP contribution is -2.27. The first-order valence-electron chi connectivity index (χ1n) is 10.4. The van der Waals surface area contributed by atoms with Gasteiger partial charge < -0.3 is 9.64 Å². The number of carbonyl (C=O) groups is 1. The average molecular weight is 481 g/mol. The number of carbonyl (C=O) groups excluding carboxylic acids is 1. The minimum Gasteiger partial charge on any atom is -0.497 e. The third-order valence-corrected chi connectivity index (χ3v) is 6.03. The highest BCUT2D eigenvalue weighted by Gasteiger charge is 2.21. The van der Waals surface area contributed by atoms with Crippen molar-refractivity contribution in [1.29, 1.82) is 0 Å². The highest BCUT2D eigenvalue weighted by Crippen LogP contribution is 2.29. The molecule has 1 amide bonds. The van der Waals surface area contributed by atoms with Crippen molar-refractivity contribution in [2.75, 3.05) is 19.9 Å². The van der Waals surface area contributed by atoms with Crippen LogP contribution in [0.4, 0.5) is 8.78 Å². The molecule has 1 heterocycles. The van der Waals surface area contributed by atoms with E-state index in [9.17, 15) is 13.6 Å². The molecular weight excluding hydrogens is 458 g/mol. The fourth-order valence-corrected chi connectivity index (χ4v) is 4.27. The first-order valence-corrected chi connectivity index (χ1v) is 11.4. The van der Waals surface area contributed by atoms with E-state index in [2.05, 4.69) is 10.2 Å². The number of hydrogen-bond acceptors (Lipinski definition) is 5. The second kappa shape index (κ2) is 10.5. The molecule has 174 valence electrons. The third kappa shape index (κ3) is 5.26. The Labute approximate surface area is 200 Å². The number of aromatic nitrogens is 3. The molecule has 0 atom stereocenters. The average Bonchev–Trinajstić information content (AvgIpc) is 3.26. The van der Waals surface area contributed by atoms with E-state index < -0.39 is 11.6 Å². The fourth-order valence-electron chi connectivity index (χ4n) is 3.39. The lowest BCUT2D eigenvalue weighted by molar-refractivity contribution is -0.127. The summed E-state index contributed by atoms with van der Waals surface area (Å²) in [6.07, 6.45) is 0. The Hall–Kier alpha value is -3.72. The lowest BCUT2D eigenvalue weighted by atomic mass is 10.2. The van der Waals surface area contributed by atoms with Crippen LogP contribution < -0.4 is 4.74 Å². The lowest BCUT2D eigenvalue weighted by Gasteiger charge is -2.17. The maximum Gasteiger partial charge on any atom is 0.233 e. The summed E-state index contributed by atoms with van der Waals surface area (Å²) in [4.78, 5) is 14.4. The van der Waals surface area contributed by atoms with Gasteiger partial charge in [0, 0.05) is 25.2 Å². The summed E-state index contributed by atoms with van der Waals surface area (Å²) in [5.74, 6) is -0.389. The Balaban J connectivity index is 1.57. The van der Waals surface area contributed by atoms with Crippen LogP contribution in [0.3, 0.4) is 0 Å². The second-order valence-corrected chi connectivity index (χ2v) is 8.44. The highest BCUT2D eigenvalue weighted by molar-refractivity contribution is 7.99. The first kappa shape index (κ1) is 23.4. The van der Waals surface area contributed by atoms with Crippen molar-refractivity contribution in [3.8, 4) is 22.8 Å². The molecule has 9 heteroatoms. The van der Waals surface area contributed by atoms with Gasteiger partial charge in [0.05, 0.1) is 18.6 Å². The summed E-state index contributed by atoms with van der Waals surface area (Å²) in [6.45, 7) is 0.408. The van der Waals surface area contributed by atoms with E-state index in [4.69, 9.17) is 4.74 Å². The fraction of sp³-hybridized carbons (Fsp3) is 0.160. The van der Waals surface area contributed by atoms with Gasteiger partial charge in [-0.1, -0.05) is 54.2 Å². The zero-order valence-electron chi connectivity index (χ0n) is 18.6. The van der Waals surface area contributed by atoms with Crippen LogP contribution in [0.1, 0.15) is 5.56 Å². The zero-order chi connectivity index (χ0) is 24.1. The molecule has 0 aliphatic carbocycles. The Bertz CT molecular complexity index is 1300. The largest absolute Gasteiger partial charge is 0.497 e. The van der Waals surface area contributed by atoms with Crippen molar-refractivity contribution in [2.45, 2.75) is 11.7 Å². The summed E-state index contributed by atoms with van der Waals surface area (Å²) in [5, 5.41) is 8.75. The smallest absolute Gasteiger partial charge is 0.233 e. The quantitative estimate of drug-likeness (QED) is 0.333. The van der Waals surface area contributed by atoms with Gasteiger partial charge in [0.2, 0.25) is 5.91 Å². The maximum atomic E-state index is 14.7. The normalized spacial score (nSPS) is 10.8. The molecular formula is C25H22F2N4O2S.